The maximum atomic E-state index is 9.76. The summed E-state index contributed by atoms with van der Waals surface area (Å²) >= 11 is 1.10. The van der Waals surface area contributed by atoms with Gasteiger partial charge in [-0.05, 0) is 0 Å². The fourth-order valence-corrected chi connectivity index (χ4v) is 2.20. The average Bonchev–Trinajstić information content (AvgIpc) is 2.87. The van der Waals surface area contributed by atoms with Gasteiger partial charge in [0.2, 0.25) is 11.0 Å². The van der Waals surface area contributed by atoms with Crippen molar-refractivity contribution in [1.82, 2.24) is 9.78 Å². The molecule has 1 aromatic heterocycles. The van der Waals surface area contributed by atoms with Crippen molar-refractivity contribution >= 4 is 11.3 Å². The van der Waals surface area contributed by atoms with Gasteiger partial charge >= 0.3 is 0 Å². The summed E-state index contributed by atoms with van der Waals surface area (Å²) in [5.74, 6) is 0. The first-order valence-electron chi connectivity index (χ1n) is 4.76. The van der Waals surface area contributed by atoms with Gasteiger partial charge in [0.1, 0.15) is 23.8 Å². The van der Waals surface area contributed by atoms with Crippen molar-refractivity contribution in [2.24, 2.45) is 4.99 Å². The minimum absolute atomic E-state index is 0.252. The first kappa shape index (κ1) is 12.2. The molecule has 0 aliphatic carbocycles. The van der Waals surface area contributed by atoms with Gasteiger partial charge in [0, 0.05) is 0 Å². The molecular weight excluding hydrogens is 248 g/mol. The Morgan fingerprint density at radius 1 is 1.59 bits per heavy atom. The lowest BCUT2D eigenvalue weighted by atomic mass is 10.1. The van der Waals surface area contributed by atoms with Gasteiger partial charge in [-0.3, -0.25) is 0 Å². The lowest BCUT2D eigenvalue weighted by molar-refractivity contribution is -0.0602. The highest BCUT2D eigenvalue weighted by atomic mass is 32.1. The Morgan fingerprint density at radius 3 is 2.94 bits per heavy atom. The molecule has 0 unspecified atom stereocenters. The number of nitrogens with zero attached hydrogens (tertiary/aromatic N) is 4. The molecule has 1 fully saturated rings. The Bertz CT molecular complexity index is 492. The van der Waals surface area contributed by atoms with Crippen molar-refractivity contribution in [3.63, 3.8) is 0 Å². The van der Waals surface area contributed by atoms with E-state index >= 15 is 0 Å². The molecule has 0 bridgehead atoms. The standard InChI is InChI=1S/C8H10N4O4S/c9-2-10-8-12(11-3-17-8)7-6(15)5(14)4(1-13)16-7/h3-7,13-15H,1H2/t4-,5-,6-,7-/m0/s1. The SMILES string of the molecule is N#CN=c1scnn1[C@H]1O[C@@H](CO)[C@H](O)[C@@H]1O. The molecule has 1 saturated heterocycles. The molecule has 3 N–H and O–H groups in total. The summed E-state index contributed by atoms with van der Waals surface area (Å²) in [7, 11) is 0. The molecule has 1 aliphatic rings. The second-order valence-electron chi connectivity index (χ2n) is 3.41. The Labute approximate surface area is 99.7 Å². The van der Waals surface area contributed by atoms with E-state index in [0.717, 1.165) is 11.3 Å². The van der Waals surface area contributed by atoms with Crippen LogP contribution in [0.5, 0.6) is 0 Å². The third kappa shape index (κ3) is 2.08. The maximum Gasteiger partial charge on any atom is 0.221 e. The molecule has 92 valence electrons. The van der Waals surface area contributed by atoms with Crippen LogP contribution in [0.25, 0.3) is 0 Å². The summed E-state index contributed by atoms with van der Waals surface area (Å²) in [5, 5.41) is 40.6. The van der Waals surface area contributed by atoms with E-state index in [1.54, 1.807) is 6.19 Å². The summed E-state index contributed by atoms with van der Waals surface area (Å²) in [6.45, 7) is -0.413. The number of aromatic nitrogens is 2. The van der Waals surface area contributed by atoms with Gasteiger partial charge in [-0.15, -0.1) is 4.99 Å². The zero-order valence-corrected chi connectivity index (χ0v) is 9.36. The number of nitriles is 1. The van der Waals surface area contributed by atoms with Gasteiger partial charge in [-0.1, -0.05) is 11.3 Å². The van der Waals surface area contributed by atoms with E-state index < -0.39 is 31.1 Å². The zero-order chi connectivity index (χ0) is 12.4. The first-order chi connectivity index (χ1) is 8.19. The highest BCUT2D eigenvalue weighted by Crippen LogP contribution is 2.27. The van der Waals surface area contributed by atoms with Gasteiger partial charge in [0.15, 0.2) is 6.23 Å². The van der Waals surface area contributed by atoms with E-state index in [-0.39, 0.29) is 4.80 Å². The normalized spacial score (nSPS) is 33.9. The molecule has 0 spiro atoms. The van der Waals surface area contributed by atoms with Gasteiger partial charge in [-0.2, -0.15) is 10.4 Å². The van der Waals surface area contributed by atoms with Crippen LogP contribution >= 0.6 is 11.3 Å². The van der Waals surface area contributed by atoms with Crippen molar-refractivity contribution in [3.05, 3.63) is 10.3 Å². The van der Waals surface area contributed by atoms with Crippen LogP contribution in [0.4, 0.5) is 0 Å². The van der Waals surface area contributed by atoms with Gasteiger partial charge in [-0.25, -0.2) is 4.68 Å². The van der Waals surface area contributed by atoms with E-state index in [4.69, 9.17) is 15.1 Å². The van der Waals surface area contributed by atoms with Crippen molar-refractivity contribution in [2.45, 2.75) is 24.5 Å². The lowest BCUT2D eigenvalue weighted by Crippen LogP contribution is -2.35. The van der Waals surface area contributed by atoms with Crippen LogP contribution < -0.4 is 4.80 Å². The smallest absolute Gasteiger partial charge is 0.221 e. The summed E-state index contributed by atoms with van der Waals surface area (Å²) in [5.41, 5.74) is 1.44. The third-order valence-electron chi connectivity index (χ3n) is 2.43. The second kappa shape index (κ2) is 4.91. The fourth-order valence-electron chi connectivity index (χ4n) is 1.60. The average molecular weight is 258 g/mol. The van der Waals surface area contributed by atoms with Crippen LogP contribution in [0, 0.1) is 11.5 Å². The first-order valence-corrected chi connectivity index (χ1v) is 5.64. The minimum atomic E-state index is -1.23. The van der Waals surface area contributed by atoms with E-state index in [9.17, 15) is 10.2 Å². The van der Waals surface area contributed by atoms with Crippen molar-refractivity contribution in [3.8, 4) is 6.19 Å². The van der Waals surface area contributed by atoms with Crippen LogP contribution in [0.3, 0.4) is 0 Å². The maximum absolute atomic E-state index is 9.76. The van der Waals surface area contributed by atoms with Gasteiger partial charge < -0.3 is 20.1 Å². The molecule has 0 saturated carbocycles. The number of hydrogen-bond donors (Lipinski definition) is 3. The quantitative estimate of drug-likeness (QED) is 0.524. The molecule has 1 aromatic rings. The van der Waals surface area contributed by atoms with Gasteiger partial charge in [0.25, 0.3) is 0 Å². The summed E-state index contributed by atoms with van der Waals surface area (Å²) in [6.07, 6.45) is -2.65. The molecule has 1 aliphatic heterocycles. The summed E-state index contributed by atoms with van der Waals surface area (Å²) in [6, 6.07) is 0. The topological polar surface area (TPSA) is 124 Å². The molecule has 2 heterocycles. The highest BCUT2D eigenvalue weighted by Gasteiger charge is 2.44. The van der Waals surface area contributed by atoms with E-state index in [1.165, 1.54) is 10.2 Å². The second-order valence-corrected chi connectivity index (χ2v) is 4.22. The number of rotatable bonds is 2. The number of hydrogen-bond acceptors (Lipinski definition) is 8. The Kier molecular flexibility index (Phi) is 3.51. The number of aliphatic hydroxyl groups is 3. The predicted molar refractivity (Wildman–Crippen MR) is 54.3 cm³/mol. The van der Waals surface area contributed by atoms with E-state index in [2.05, 4.69) is 10.1 Å². The van der Waals surface area contributed by atoms with Crippen LogP contribution in [-0.2, 0) is 4.74 Å². The van der Waals surface area contributed by atoms with Crippen LogP contribution in [-0.4, -0.2) is 50.0 Å². The molecule has 0 amide bonds. The highest BCUT2D eigenvalue weighted by molar-refractivity contribution is 7.06. The zero-order valence-electron chi connectivity index (χ0n) is 8.54. The number of ether oxygens (including phenoxy) is 1. The van der Waals surface area contributed by atoms with E-state index in [0.29, 0.717) is 0 Å². The Morgan fingerprint density at radius 2 is 2.35 bits per heavy atom. The number of aliphatic hydroxyl groups excluding tert-OH is 3. The van der Waals surface area contributed by atoms with Crippen molar-refractivity contribution in [2.75, 3.05) is 6.61 Å². The van der Waals surface area contributed by atoms with Crippen molar-refractivity contribution in [1.29, 1.82) is 5.26 Å². The fraction of sp³-hybridized carbons (Fsp3) is 0.625. The molecule has 2 rings (SSSR count). The minimum Gasteiger partial charge on any atom is -0.394 e. The van der Waals surface area contributed by atoms with Gasteiger partial charge in [0.05, 0.1) is 6.61 Å². The third-order valence-corrected chi connectivity index (χ3v) is 3.12. The summed E-state index contributed by atoms with van der Waals surface area (Å²) < 4.78 is 6.46. The molecule has 4 atom stereocenters. The van der Waals surface area contributed by atoms with Crippen LogP contribution in [0.2, 0.25) is 0 Å². The predicted octanol–water partition coefficient (Wildman–Crippen LogP) is -2.06. The lowest BCUT2D eigenvalue weighted by Gasteiger charge is -2.14. The molecule has 0 radical (unpaired) electrons. The van der Waals surface area contributed by atoms with E-state index in [1.807, 2.05) is 0 Å². The summed E-state index contributed by atoms with van der Waals surface area (Å²) in [4.78, 5) is 3.76. The molecule has 17 heavy (non-hydrogen) atoms. The molecular formula is C8H10N4O4S. The Hall–Kier alpha value is -1.31. The van der Waals surface area contributed by atoms with Crippen LogP contribution in [0.15, 0.2) is 10.5 Å². The molecule has 9 heteroatoms. The molecule has 0 aromatic carbocycles. The monoisotopic (exact) mass is 258 g/mol. The van der Waals surface area contributed by atoms with Crippen molar-refractivity contribution < 1.29 is 20.1 Å². The Balaban J connectivity index is 2.33. The largest absolute Gasteiger partial charge is 0.394 e. The van der Waals surface area contributed by atoms with Crippen LogP contribution in [0.1, 0.15) is 6.23 Å². The molecule has 8 nitrogen and oxygen atoms in total.